The van der Waals surface area contributed by atoms with Crippen molar-refractivity contribution >= 4 is 40.8 Å². The van der Waals surface area contributed by atoms with Gasteiger partial charge in [0.2, 0.25) is 5.91 Å². The number of hydrogen-bond acceptors (Lipinski definition) is 8. The van der Waals surface area contributed by atoms with Crippen molar-refractivity contribution in [1.82, 2.24) is 4.31 Å². The number of rotatable bonds is 8. The summed E-state index contributed by atoms with van der Waals surface area (Å²) in [6.45, 7) is 0.893. The van der Waals surface area contributed by atoms with E-state index in [9.17, 15) is 14.7 Å². The number of carbonyl (C=O) groups is 2. The minimum atomic E-state index is -0.989. The summed E-state index contributed by atoms with van der Waals surface area (Å²) in [4.78, 5) is 30.2. The largest absolute Gasteiger partial charge is 0.477 e. The molecule has 1 aromatic heterocycles. The van der Waals surface area contributed by atoms with Crippen LogP contribution < -0.4 is 9.64 Å². The number of thiophene rings is 1. The van der Waals surface area contributed by atoms with Crippen molar-refractivity contribution in [2.45, 2.75) is 43.0 Å². The van der Waals surface area contributed by atoms with E-state index in [1.165, 1.54) is 17.8 Å². The SMILES string of the molecule is COC.COC.O=C(O)c1sc(-c2ccccc2)cc1N1C(=O)CN(Sc2ccc(Oc3ccccc3)cc2)CC1C1CCCCC1. The van der Waals surface area contributed by atoms with Crippen molar-refractivity contribution in [1.29, 1.82) is 0 Å². The molecule has 0 bridgehead atoms. The number of ether oxygens (including phenoxy) is 3. The molecule has 1 saturated heterocycles. The molecule has 2 aliphatic rings. The van der Waals surface area contributed by atoms with Gasteiger partial charge in [-0.2, -0.15) is 0 Å². The molecule has 1 atom stereocenters. The Balaban J connectivity index is 0.000000776. The number of amides is 1. The molecule has 6 rings (SSSR count). The van der Waals surface area contributed by atoms with Crippen LogP contribution in [-0.4, -0.2) is 68.9 Å². The van der Waals surface area contributed by atoms with Crippen LogP contribution in [0.25, 0.3) is 10.4 Å². The normalized spacial score (nSPS) is 16.8. The second-order valence-electron chi connectivity index (χ2n) is 11.3. The first kappa shape index (κ1) is 36.2. The molecule has 0 spiro atoms. The topological polar surface area (TPSA) is 88.5 Å². The Morgan fingerprint density at radius 1 is 0.830 bits per heavy atom. The summed E-state index contributed by atoms with van der Waals surface area (Å²) < 4.78 is 16.6. The summed E-state index contributed by atoms with van der Waals surface area (Å²) in [5.41, 5.74) is 1.50. The predicted octanol–water partition coefficient (Wildman–Crippen LogP) is 8.74. The van der Waals surface area contributed by atoms with Gasteiger partial charge in [0.1, 0.15) is 16.4 Å². The molecule has 1 amide bonds. The Labute approximate surface area is 286 Å². The molecular weight excluding hydrogens is 633 g/mol. The summed E-state index contributed by atoms with van der Waals surface area (Å²) in [6, 6.07) is 29.2. The maximum absolute atomic E-state index is 13.9. The predicted molar refractivity (Wildman–Crippen MR) is 191 cm³/mol. The van der Waals surface area contributed by atoms with Gasteiger partial charge in [0.25, 0.3) is 0 Å². The number of methoxy groups -OCH3 is 2. The lowest BCUT2D eigenvalue weighted by atomic mass is 9.82. The van der Waals surface area contributed by atoms with E-state index in [1.807, 2.05) is 95.9 Å². The summed E-state index contributed by atoms with van der Waals surface area (Å²) in [5.74, 6) is 0.837. The maximum Gasteiger partial charge on any atom is 0.348 e. The van der Waals surface area contributed by atoms with Crippen LogP contribution in [0.2, 0.25) is 0 Å². The third-order valence-electron chi connectivity index (χ3n) is 7.76. The van der Waals surface area contributed by atoms with Crippen LogP contribution in [0.5, 0.6) is 11.5 Å². The third kappa shape index (κ3) is 10.2. The molecule has 1 unspecified atom stereocenters. The van der Waals surface area contributed by atoms with E-state index in [0.717, 1.165) is 52.5 Å². The molecule has 3 aromatic carbocycles. The van der Waals surface area contributed by atoms with Gasteiger partial charge in [0.15, 0.2) is 0 Å². The van der Waals surface area contributed by atoms with Gasteiger partial charge in [0, 0.05) is 44.8 Å². The minimum absolute atomic E-state index is 0.0525. The number of anilines is 1. The van der Waals surface area contributed by atoms with E-state index in [1.54, 1.807) is 40.4 Å². The molecule has 2 fully saturated rings. The van der Waals surface area contributed by atoms with Gasteiger partial charge in [-0.25, -0.2) is 9.10 Å². The summed E-state index contributed by atoms with van der Waals surface area (Å²) >= 11 is 2.82. The quantitative estimate of drug-likeness (QED) is 0.186. The standard InChI is InChI=1S/C33H32N2O4S2.2C2H6O/c36-31-22-34(41-27-18-16-26(17-19-27)39-25-14-8-3-9-15-25)21-29(23-10-4-1-5-11-23)35(31)28-20-30(40-32(28)33(37)38)24-12-6-2-7-13-24;2*1-3-2/h2-3,6-9,12-20,23,29H,1,4-5,10-11,21-22H2,(H,37,38);2*1-2H3. The first-order chi connectivity index (χ1) is 22.9. The molecule has 1 saturated carbocycles. The smallest absolute Gasteiger partial charge is 0.348 e. The van der Waals surface area contributed by atoms with Gasteiger partial charge in [-0.05, 0) is 78.7 Å². The van der Waals surface area contributed by atoms with Crippen LogP contribution in [0, 0.1) is 5.92 Å². The van der Waals surface area contributed by atoms with Crippen molar-refractivity contribution in [3.8, 4) is 21.9 Å². The van der Waals surface area contributed by atoms with E-state index in [4.69, 9.17) is 4.74 Å². The molecule has 250 valence electrons. The van der Waals surface area contributed by atoms with Crippen LogP contribution >= 0.6 is 23.3 Å². The van der Waals surface area contributed by atoms with Crippen molar-refractivity contribution in [3.63, 3.8) is 0 Å². The average molecular weight is 677 g/mol. The second-order valence-corrected chi connectivity index (χ2v) is 13.6. The number of hydrogen-bond donors (Lipinski definition) is 1. The highest BCUT2D eigenvalue weighted by Gasteiger charge is 2.41. The van der Waals surface area contributed by atoms with Gasteiger partial charge >= 0.3 is 5.97 Å². The number of para-hydroxylation sites is 1. The van der Waals surface area contributed by atoms with Crippen LogP contribution in [0.4, 0.5) is 5.69 Å². The lowest BCUT2D eigenvalue weighted by Gasteiger charge is -2.45. The minimum Gasteiger partial charge on any atom is -0.477 e. The summed E-state index contributed by atoms with van der Waals surface area (Å²) in [7, 11) is 6.50. The van der Waals surface area contributed by atoms with Crippen LogP contribution in [0.1, 0.15) is 41.8 Å². The van der Waals surface area contributed by atoms with Crippen LogP contribution in [-0.2, 0) is 14.3 Å². The van der Waals surface area contributed by atoms with E-state index in [0.29, 0.717) is 18.2 Å². The first-order valence-electron chi connectivity index (χ1n) is 15.7. The summed E-state index contributed by atoms with van der Waals surface area (Å²) in [5, 5.41) is 10.1. The van der Waals surface area contributed by atoms with Gasteiger partial charge in [-0.1, -0.05) is 67.8 Å². The Morgan fingerprint density at radius 2 is 1.40 bits per heavy atom. The molecule has 0 radical (unpaired) electrons. The van der Waals surface area contributed by atoms with E-state index < -0.39 is 5.97 Å². The second kappa shape index (κ2) is 18.6. The Hall–Kier alpha value is -3.67. The Kier molecular flexibility index (Phi) is 14.3. The maximum atomic E-state index is 13.9. The Morgan fingerprint density at radius 3 is 2.00 bits per heavy atom. The number of carbonyl (C=O) groups excluding carboxylic acids is 1. The average Bonchev–Trinajstić information content (AvgIpc) is 3.53. The molecule has 47 heavy (non-hydrogen) atoms. The fourth-order valence-electron chi connectivity index (χ4n) is 5.83. The van der Waals surface area contributed by atoms with Crippen molar-refractivity contribution in [3.05, 3.63) is 95.9 Å². The fraction of sp³-hybridized carbons (Fsp3) is 0.351. The van der Waals surface area contributed by atoms with Crippen LogP contribution in [0.3, 0.4) is 0 Å². The fourth-order valence-corrected chi connectivity index (χ4v) is 7.78. The molecular formula is C37H44N2O6S2. The first-order valence-corrected chi connectivity index (χ1v) is 17.3. The third-order valence-corrected chi connectivity index (χ3v) is 9.94. The number of nitrogens with zero attached hydrogens (tertiary/aromatic N) is 2. The van der Waals surface area contributed by atoms with Crippen molar-refractivity contribution < 1.29 is 28.9 Å². The number of carboxylic acid groups (broad SMARTS) is 1. The van der Waals surface area contributed by atoms with Gasteiger partial charge in [0.05, 0.1) is 18.3 Å². The highest BCUT2D eigenvalue weighted by atomic mass is 32.2. The zero-order valence-electron chi connectivity index (χ0n) is 27.5. The Bertz CT molecular complexity index is 1520. The number of benzene rings is 3. The van der Waals surface area contributed by atoms with E-state index in [-0.39, 0.29) is 23.4 Å². The molecule has 4 aromatic rings. The van der Waals surface area contributed by atoms with E-state index in [2.05, 4.69) is 13.8 Å². The molecule has 1 aliphatic heterocycles. The zero-order valence-corrected chi connectivity index (χ0v) is 29.1. The molecule has 1 aliphatic carbocycles. The van der Waals surface area contributed by atoms with Gasteiger partial charge in [-0.15, -0.1) is 11.3 Å². The molecule has 1 N–H and O–H groups in total. The highest BCUT2D eigenvalue weighted by Crippen LogP contribution is 2.42. The van der Waals surface area contributed by atoms with Crippen molar-refractivity contribution in [2.75, 3.05) is 46.4 Å². The lowest BCUT2D eigenvalue weighted by Crippen LogP contribution is -2.58. The molecule has 8 nitrogen and oxygen atoms in total. The number of carboxylic acids is 1. The highest BCUT2D eigenvalue weighted by molar-refractivity contribution is 7.97. The molecule has 10 heteroatoms. The number of piperazine rings is 1. The molecule has 2 heterocycles. The van der Waals surface area contributed by atoms with Gasteiger partial charge in [-0.3, -0.25) is 4.79 Å². The van der Waals surface area contributed by atoms with Crippen molar-refractivity contribution in [2.24, 2.45) is 5.92 Å². The zero-order chi connectivity index (χ0) is 33.6. The summed E-state index contributed by atoms with van der Waals surface area (Å²) in [6.07, 6.45) is 5.60. The van der Waals surface area contributed by atoms with Crippen LogP contribution in [0.15, 0.2) is 95.9 Å². The monoisotopic (exact) mass is 676 g/mol. The van der Waals surface area contributed by atoms with Gasteiger partial charge < -0.3 is 24.2 Å². The lowest BCUT2D eigenvalue weighted by molar-refractivity contribution is -0.121. The van der Waals surface area contributed by atoms with E-state index >= 15 is 0 Å². The number of aromatic carboxylic acids is 1.